The molecular formula is C52H82N2O21S3. The van der Waals surface area contributed by atoms with Crippen LogP contribution in [0.2, 0.25) is 0 Å². The number of sulfonamides is 1. The smallest absolute Gasteiger partial charge is 0.347 e. The normalized spacial score (nSPS) is 17.9. The number of unbranched alkanes of at least 4 members (excludes halogenated alkanes) is 14. The number of ether oxygens (including phenoxy) is 8. The molecule has 1 aliphatic heterocycles. The van der Waals surface area contributed by atoms with E-state index in [2.05, 4.69) is 12.2 Å². The van der Waals surface area contributed by atoms with Crippen molar-refractivity contribution < 1.29 is 97.9 Å². The SMILES string of the molecule is CCCCCCCCCCCCCCCCCC(=O)OC(C)C(=O)OC(C)C(=O)OC(C)C(=O)OC(C)C(=O)OC(C)C(=O)OC(C)C(=O)OC(C)C(=O)OC(C)C(=O)NS(=O)(=O)c1cc2c(s1)S(=O)(=O)[C@@H](C)C[C@@H]2NCC. The average molecular weight is 1170 g/mol. The van der Waals surface area contributed by atoms with Gasteiger partial charge in [0.1, 0.15) is 8.42 Å². The molecule has 1 aromatic rings. The van der Waals surface area contributed by atoms with Gasteiger partial charge in [0, 0.05) is 18.0 Å². The summed E-state index contributed by atoms with van der Waals surface area (Å²) in [6, 6.07) is 0.721. The molecular weight excluding hydrogens is 1080 g/mol. The van der Waals surface area contributed by atoms with Gasteiger partial charge in [0.15, 0.2) is 58.7 Å². The third-order valence-corrected chi connectivity index (χ3v) is 18.1. The molecule has 2 N–H and O–H groups in total. The second kappa shape index (κ2) is 34.0. The summed E-state index contributed by atoms with van der Waals surface area (Å²) < 4.78 is 93.6. The Kier molecular flexibility index (Phi) is 30.1. The zero-order valence-electron chi connectivity index (χ0n) is 46.9. The van der Waals surface area contributed by atoms with E-state index in [1.807, 2.05) is 0 Å². The van der Waals surface area contributed by atoms with Crippen molar-refractivity contribution in [1.82, 2.24) is 10.0 Å². The molecule has 1 aromatic heterocycles. The fraction of sp³-hybridized carbons (Fsp3) is 0.750. The first-order chi connectivity index (χ1) is 36.6. The number of carbonyl (C=O) groups is 9. The Hall–Kier alpha value is -5.21. The van der Waals surface area contributed by atoms with E-state index in [0.29, 0.717) is 24.3 Å². The summed E-state index contributed by atoms with van der Waals surface area (Å²) in [5.41, 5.74) is 0.253. The third-order valence-electron chi connectivity index (χ3n) is 12.4. The van der Waals surface area contributed by atoms with Gasteiger partial charge in [-0.25, -0.2) is 55.1 Å². The first-order valence-corrected chi connectivity index (χ1v) is 30.7. The number of thiophene rings is 1. The molecule has 23 nitrogen and oxygen atoms in total. The average Bonchev–Trinajstić information content (AvgIpc) is 3.86. The highest BCUT2D eigenvalue weighted by atomic mass is 32.3. The van der Waals surface area contributed by atoms with Crippen molar-refractivity contribution in [1.29, 1.82) is 0 Å². The lowest BCUT2D eigenvalue weighted by atomic mass is 10.0. The van der Waals surface area contributed by atoms with Crippen molar-refractivity contribution in [3.8, 4) is 0 Å². The molecule has 2 rings (SSSR count). The number of esters is 8. The summed E-state index contributed by atoms with van der Waals surface area (Å²) in [4.78, 5) is 114. The number of hydrogen-bond donors (Lipinski definition) is 2. The lowest BCUT2D eigenvalue weighted by Gasteiger charge is -2.27. The second-order valence-electron chi connectivity index (χ2n) is 19.4. The molecule has 444 valence electrons. The van der Waals surface area contributed by atoms with E-state index in [1.165, 1.54) is 91.0 Å². The molecule has 0 radical (unpaired) electrons. The molecule has 0 saturated heterocycles. The Morgan fingerprint density at radius 1 is 0.526 bits per heavy atom. The maximum absolute atomic E-state index is 13.2. The summed E-state index contributed by atoms with van der Waals surface area (Å²) in [5.74, 6) is -10.4. The van der Waals surface area contributed by atoms with Crippen LogP contribution in [0.1, 0.15) is 197 Å². The predicted molar refractivity (Wildman–Crippen MR) is 281 cm³/mol. The van der Waals surface area contributed by atoms with Crippen LogP contribution in [-0.4, -0.2) is 131 Å². The monoisotopic (exact) mass is 1170 g/mol. The summed E-state index contributed by atoms with van der Waals surface area (Å²) >= 11 is 0.479. The van der Waals surface area contributed by atoms with Crippen LogP contribution in [0.25, 0.3) is 0 Å². The van der Waals surface area contributed by atoms with Gasteiger partial charge >= 0.3 is 47.8 Å². The highest BCUT2D eigenvalue weighted by Crippen LogP contribution is 2.42. The highest BCUT2D eigenvalue weighted by molar-refractivity contribution is 7.95. The van der Waals surface area contributed by atoms with Crippen LogP contribution in [-0.2, 0) is 101 Å². The van der Waals surface area contributed by atoms with Crippen LogP contribution < -0.4 is 10.0 Å². The van der Waals surface area contributed by atoms with Gasteiger partial charge in [0.05, 0.1) is 5.25 Å². The van der Waals surface area contributed by atoms with E-state index in [4.69, 9.17) is 37.9 Å². The first kappa shape index (κ1) is 68.9. The lowest BCUT2D eigenvalue weighted by Crippen LogP contribution is -2.42. The van der Waals surface area contributed by atoms with Crippen molar-refractivity contribution in [2.75, 3.05) is 6.54 Å². The minimum Gasteiger partial charge on any atom is -0.451 e. The van der Waals surface area contributed by atoms with Crippen LogP contribution in [0, 0.1) is 0 Å². The summed E-state index contributed by atoms with van der Waals surface area (Å²) in [5, 5.41) is 2.33. The molecule has 0 bridgehead atoms. The van der Waals surface area contributed by atoms with Crippen LogP contribution in [0.3, 0.4) is 0 Å². The van der Waals surface area contributed by atoms with Gasteiger partial charge in [-0.3, -0.25) is 9.59 Å². The molecule has 2 heterocycles. The Labute approximate surface area is 462 Å². The van der Waals surface area contributed by atoms with E-state index in [-0.39, 0.29) is 22.6 Å². The van der Waals surface area contributed by atoms with Gasteiger partial charge in [-0.2, -0.15) is 0 Å². The van der Waals surface area contributed by atoms with Gasteiger partial charge in [0.25, 0.3) is 15.9 Å². The molecule has 26 heteroatoms. The Morgan fingerprint density at radius 3 is 1.19 bits per heavy atom. The molecule has 0 saturated carbocycles. The van der Waals surface area contributed by atoms with Gasteiger partial charge in [-0.1, -0.05) is 104 Å². The van der Waals surface area contributed by atoms with Crippen LogP contribution in [0.5, 0.6) is 0 Å². The summed E-state index contributed by atoms with van der Waals surface area (Å²) in [7, 11) is -8.48. The molecule has 0 fully saturated rings. The molecule has 1 amide bonds. The van der Waals surface area contributed by atoms with E-state index in [9.17, 15) is 60.0 Å². The number of fused-ring (bicyclic) bond motifs is 1. The van der Waals surface area contributed by atoms with E-state index < -0.39 is 138 Å². The van der Waals surface area contributed by atoms with Gasteiger partial charge in [-0.05, 0) is 87.8 Å². The molecule has 1 aliphatic rings. The van der Waals surface area contributed by atoms with Crippen LogP contribution >= 0.6 is 11.3 Å². The predicted octanol–water partition coefficient (Wildman–Crippen LogP) is 6.48. The van der Waals surface area contributed by atoms with E-state index in [1.54, 1.807) is 11.6 Å². The van der Waals surface area contributed by atoms with Crippen LogP contribution in [0.15, 0.2) is 14.5 Å². The summed E-state index contributed by atoms with van der Waals surface area (Å²) in [6.45, 7) is 14.8. The van der Waals surface area contributed by atoms with Gasteiger partial charge < -0.3 is 43.2 Å². The lowest BCUT2D eigenvalue weighted by molar-refractivity contribution is -0.189. The van der Waals surface area contributed by atoms with Crippen molar-refractivity contribution in [3.63, 3.8) is 0 Å². The topological polar surface area (TPSA) is 320 Å². The molecule has 0 aromatic carbocycles. The highest BCUT2D eigenvalue weighted by Gasteiger charge is 2.41. The number of carbonyl (C=O) groups excluding carboxylic acids is 9. The standard InChI is InChI=1S/C52H82N2O21S3/c1-12-14-15-16-17-18-19-20-21-22-23-24-25-26-27-28-42(55)68-33(5)45(57)70-35(7)47(59)72-37(9)49(61)74-39(11)51(63)75-38(10)50(62)73-36(8)48(60)71-34(6)46(58)69-32(4)44(56)54-78(66,67)43-30-40-41(53-13-2)29-31(3)77(64,65)52(40)76-43/h30-39,41,53H,12-29H2,1-11H3,(H,54,56)/t31-,32?,33?,34?,35?,36?,37?,38?,39?,41-/m0/s1. The number of rotatable bonds is 36. The van der Waals surface area contributed by atoms with E-state index >= 15 is 0 Å². The minimum absolute atomic E-state index is 0.116. The molecule has 8 unspecified atom stereocenters. The number of amides is 1. The largest absolute Gasteiger partial charge is 0.451 e. The maximum atomic E-state index is 13.2. The number of hydrogen-bond acceptors (Lipinski definition) is 23. The van der Waals surface area contributed by atoms with Crippen molar-refractivity contribution in [3.05, 3.63) is 11.6 Å². The number of nitrogens with one attached hydrogen (secondary N) is 2. The van der Waals surface area contributed by atoms with Gasteiger partial charge in [0.2, 0.25) is 0 Å². The molecule has 78 heavy (non-hydrogen) atoms. The number of sulfone groups is 1. The van der Waals surface area contributed by atoms with Gasteiger partial charge in [-0.15, -0.1) is 11.3 Å². The van der Waals surface area contributed by atoms with E-state index in [0.717, 1.165) is 67.2 Å². The third kappa shape index (κ3) is 23.2. The van der Waals surface area contributed by atoms with Crippen molar-refractivity contribution in [2.24, 2.45) is 0 Å². The Morgan fingerprint density at radius 2 is 0.846 bits per heavy atom. The zero-order chi connectivity index (χ0) is 58.9. The minimum atomic E-state index is -4.64. The molecule has 10 atom stereocenters. The second-order valence-corrected chi connectivity index (χ2v) is 24.9. The fourth-order valence-electron chi connectivity index (χ4n) is 7.61. The van der Waals surface area contributed by atoms with Crippen molar-refractivity contribution in [2.45, 2.75) is 254 Å². The molecule has 0 spiro atoms. The Balaban J connectivity index is 1.71. The van der Waals surface area contributed by atoms with Crippen LogP contribution in [0.4, 0.5) is 0 Å². The first-order valence-electron chi connectivity index (χ1n) is 26.9. The maximum Gasteiger partial charge on any atom is 0.347 e. The Bertz CT molecular complexity index is 2410. The zero-order valence-corrected chi connectivity index (χ0v) is 49.3. The van der Waals surface area contributed by atoms with Crippen molar-refractivity contribution >= 4 is 84.9 Å². The summed E-state index contributed by atoms with van der Waals surface area (Å²) in [6.07, 6.45) is 4.88. The quantitative estimate of drug-likeness (QED) is 0.0412. The molecule has 0 aliphatic carbocycles. The fourth-order valence-corrected chi connectivity index (χ4v) is 12.7.